The van der Waals surface area contributed by atoms with Gasteiger partial charge in [0.15, 0.2) is 0 Å². The summed E-state index contributed by atoms with van der Waals surface area (Å²) in [6.07, 6.45) is 0. The zero-order valence-corrected chi connectivity index (χ0v) is 15.1. The number of nitrogens with one attached hydrogen (secondary N) is 1. The van der Waals surface area contributed by atoms with Crippen molar-refractivity contribution in [2.75, 3.05) is 23.4 Å². The molecule has 0 radical (unpaired) electrons. The minimum absolute atomic E-state index is 0.204. The molecule has 2 rings (SSSR count). The molecule has 0 fully saturated rings. The first kappa shape index (κ1) is 19.7. The van der Waals surface area contributed by atoms with Crippen molar-refractivity contribution in [1.82, 2.24) is 0 Å². The van der Waals surface area contributed by atoms with Gasteiger partial charge in [0, 0.05) is 18.3 Å². The summed E-state index contributed by atoms with van der Waals surface area (Å²) in [5.74, 6) is -1.18. The van der Waals surface area contributed by atoms with E-state index in [1.165, 1.54) is 24.0 Å². The zero-order valence-electron chi connectivity index (χ0n) is 15.1. The van der Waals surface area contributed by atoms with E-state index < -0.39 is 11.9 Å². The Morgan fingerprint density at radius 1 is 1.15 bits per heavy atom. The molecule has 0 saturated carbocycles. The van der Waals surface area contributed by atoms with Crippen LogP contribution in [0.5, 0.6) is 0 Å². The summed E-state index contributed by atoms with van der Waals surface area (Å²) in [4.78, 5) is 37.3. The van der Waals surface area contributed by atoms with Gasteiger partial charge in [0.25, 0.3) is 0 Å². The molecule has 2 aromatic rings. The summed E-state index contributed by atoms with van der Waals surface area (Å²) in [6, 6.07) is 14.7. The van der Waals surface area contributed by atoms with E-state index in [4.69, 9.17) is 10.00 Å². The van der Waals surface area contributed by atoms with Crippen molar-refractivity contribution < 1.29 is 19.1 Å². The lowest BCUT2D eigenvalue weighted by Crippen LogP contribution is -2.36. The molecular weight excluding hydrogens is 346 g/mol. The predicted molar refractivity (Wildman–Crippen MR) is 100 cm³/mol. The van der Waals surface area contributed by atoms with Crippen molar-refractivity contribution in [2.24, 2.45) is 0 Å². The lowest BCUT2D eigenvalue weighted by atomic mass is 10.2. The van der Waals surface area contributed by atoms with Crippen LogP contribution >= 0.6 is 0 Å². The molecule has 0 bridgehead atoms. The van der Waals surface area contributed by atoms with Gasteiger partial charge < -0.3 is 15.0 Å². The van der Waals surface area contributed by atoms with Gasteiger partial charge in [-0.1, -0.05) is 6.07 Å². The maximum Gasteiger partial charge on any atom is 0.338 e. The highest BCUT2D eigenvalue weighted by Crippen LogP contribution is 2.17. The Kier molecular flexibility index (Phi) is 6.67. The SMILES string of the molecule is CCOC(=O)c1ccc(N(CC(=O)Nc2cccc(C#N)c2)C(C)=O)cc1. The lowest BCUT2D eigenvalue weighted by molar-refractivity contribution is -0.120. The number of rotatable bonds is 6. The number of carbonyl (C=O) groups excluding carboxylic acids is 3. The Bertz CT molecular complexity index is 885. The molecular formula is C20H19N3O4. The van der Waals surface area contributed by atoms with Gasteiger partial charge in [-0.3, -0.25) is 9.59 Å². The number of hydrogen-bond donors (Lipinski definition) is 1. The van der Waals surface area contributed by atoms with Crippen LogP contribution < -0.4 is 10.2 Å². The molecule has 7 nitrogen and oxygen atoms in total. The van der Waals surface area contributed by atoms with E-state index in [-0.39, 0.29) is 19.1 Å². The minimum Gasteiger partial charge on any atom is -0.462 e. The Morgan fingerprint density at radius 3 is 2.44 bits per heavy atom. The normalized spacial score (nSPS) is 9.81. The third-order valence-corrected chi connectivity index (χ3v) is 3.65. The summed E-state index contributed by atoms with van der Waals surface area (Å²) in [5, 5.41) is 11.6. The monoisotopic (exact) mass is 365 g/mol. The number of esters is 1. The second-order valence-corrected chi connectivity index (χ2v) is 5.61. The van der Waals surface area contributed by atoms with E-state index in [0.717, 1.165) is 0 Å². The molecule has 0 heterocycles. The first-order valence-electron chi connectivity index (χ1n) is 8.30. The van der Waals surface area contributed by atoms with Crippen molar-refractivity contribution >= 4 is 29.2 Å². The topological polar surface area (TPSA) is 99.5 Å². The Labute approximate surface area is 157 Å². The van der Waals surface area contributed by atoms with Gasteiger partial charge in [-0.05, 0) is 49.4 Å². The van der Waals surface area contributed by atoms with Crippen molar-refractivity contribution in [3.8, 4) is 6.07 Å². The number of carbonyl (C=O) groups is 3. The van der Waals surface area contributed by atoms with Gasteiger partial charge in [-0.15, -0.1) is 0 Å². The number of nitriles is 1. The van der Waals surface area contributed by atoms with Crippen LogP contribution in [-0.2, 0) is 14.3 Å². The highest BCUT2D eigenvalue weighted by molar-refractivity contribution is 6.02. The maximum absolute atomic E-state index is 12.3. The fourth-order valence-electron chi connectivity index (χ4n) is 2.39. The van der Waals surface area contributed by atoms with Crippen LogP contribution in [0.25, 0.3) is 0 Å². The molecule has 0 spiro atoms. The summed E-state index contributed by atoms with van der Waals surface area (Å²) < 4.78 is 4.92. The molecule has 0 atom stereocenters. The molecule has 138 valence electrons. The third kappa shape index (κ3) is 5.41. The third-order valence-electron chi connectivity index (χ3n) is 3.65. The Morgan fingerprint density at radius 2 is 1.85 bits per heavy atom. The molecule has 0 aromatic heterocycles. The molecule has 1 N–H and O–H groups in total. The van der Waals surface area contributed by atoms with Gasteiger partial charge in [0.05, 0.1) is 23.8 Å². The van der Waals surface area contributed by atoms with Crippen LogP contribution in [0.15, 0.2) is 48.5 Å². The standard InChI is InChI=1S/C20H19N3O4/c1-3-27-20(26)16-7-9-18(10-8-16)23(14(2)24)13-19(25)22-17-6-4-5-15(11-17)12-21/h4-11H,3,13H2,1-2H3,(H,22,25). The molecule has 2 amide bonds. The van der Waals surface area contributed by atoms with Crippen LogP contribution in [0.4, 0.5) is 11.4 Å². The van der Waals surface area contributed by atoms with Crippen LogP contribution in [0, 0.1) is 11.3 Å². The smallest absolute Gasteiger partial charge is 0.338 e. The van der Waals surface area contributed by atoms with Crippen molar-refractivity contribution in [1.29, 1.82) is 5.26 Å². The van der Waals surface area contributed by atoms with Gasteiger partial charge in [-0.25, -0.2) is 4.79 Å². The highest BCUT2D eigenvalue weighted by atomic mass is 16.5. The van der Waals surface area contributed by atoms with Crippen LogP contribution in [0.3, 0.4) is 0 Å². The van der Waals surface area contributed by atoms with Crippen molar-refractivity contribution in [3.05, 3.63) is 59.7 Å². The number of amides is 2. The van der Waals surface area contributed by atoms with Crippen molar-refractivity contribution in [3.63, 3.8) is 0 Å². The second kappa shape index (κ2) is 9.15. The lowest BCUT2D eigenvalue weighted by Gasteiger charge is -2.21. The number of nitrogens with zero attached hydrogens (tertiary/aromatic N) is 2. The molecule has 27 heavy (non-hydrogen) atoms. The van der Waals surface area contributed by atoms with Crippen LogP contribution in [-0.4, -0.2) is 30.9 Å². The maximum atomic E-state index is 12.3. The molecule has 0 aliphatic heterocycles. The van der Waals surface area contributed by atoms with Gasteiger partial charge >= 0.3 is 5.97 Å². The number of anilines is 2. The zero-order chi connectivity index (χ0) is 19.8. The molecule has 7 heteroatoms. The predicted octanol–water partition coefficient (Wildman–Crippen LogP) is 2.73. The van der Waals surface area contributed by atoms with E-state index in [1.807, 2.05) is 6.07 Å². The van der Waals surface area contributed by atoms with E-state index in [9.17, 15) is 14.4 Å². The van der Waals surface area contributed by atoms with Gasteiger partial charge in [0.1, 0.15) is 6.54 Å². The fraction of sp³-hybridized carbons (Fsp3) is 0.200. The molecule has 0 aliphatic rings. The minimum atomic E-state index is -0.450. The Balaban J connectivity index is 2.10. The molecule has 0 aliphatic carbocycles. The van der Waals surface area contributed by atoms with E-state index >= 15 is 0 Å². The fourth-order valence-corrected chi connectivity index (χ4v) is 2.39. The Hall–Kier alpha value is -3.66. The summed E-state index contributed by atoms with van der Waals surface area (Å²) in [6.45, 7) is 3.13. The number of ether oxygens (including phenoxy) is 1. The first-order chi connectivity index (χ1) is 12.9. The highest BCUT2D eigenvalue weighted by Gasteiger charge is 2.17. The number of hydrogen-bond acceptors (Lipinski definition) is 5. The number of benzene rings is 2. The molecule has 0 unspecified atom stereocenters. The van der Waals surface area contributed by atoms with E-state index in [1.54, 1.807) is 43.3 Å². The second-order valence-electron chi connectivity index (χ2n) is 5.61. The quantitative estimate of drug-likeness (QED) is 0.794. The van der Waals surface area contributed by atoms with Crippen LogP contribution in [0.1, 0.15) is 29.8 Å². The summed E-state index contributed by atoms with van der Waals surface area (Å²) >= 11 is 0. The van der Waals surface area contributed by atoms with Gasteiger partial charge in [-0.2, -0.15) is 5.26 Å². The average molecular weight is 365 g/mol. The summed E-state index contributed by atoms with van der Waals surface area (Å²) in [5.41, 5.74) is 1.74. The van der Waals surface area contributed by atoms with Gasteiger partial charge in [0.2, 0.25) is 11.8 Å². The summed E-state index contributed by atoms with van der Waals surface area (Å²) in [7, 11) is 0. The average Bonchev–Trinajstić information content (AvgIpc) is 2.66. The van der Waals surface area contributed by atoms with Crippen LogP contribution in [0.2, 0.25) is 0 Å². The van der Waals surface area contributed by atoms with Crippen molar-refractivity contribution in [2.45, 2.75) is 13.8 Å². The van der Waals surface area contributed by atoms with E-state index in [0.29, 0.717) is 22.5 Å². The largest absolute Gasteiger partial charge is 0.462 e. The molecule has 2 aromatic carbocycles. The molecule has 0 saturated heterocycles. The first-order valence-corrected chi connectivity index (χ1v) is 8.30. The van der Waals surface area contributed by atoms with E-state index in [2.05, 4.69) is 5.32 Å².